The summed E-state index contributed by atoms with van der Waals surface area (Å²) in [5, 5.41) is 10.3. The highest BCUT2D eigenvalue weighted by Gasteiger charge is 2.33. The van der Waals surface area contributed by atoms with Crippen molar-refractivity contribution in [1.82, 2.24) is 9.69 Å². The van der Waals surface area contributed by atoms with E-state index in [1.807, 2.05) is 54.7 Å². The Bertz CT molecular complexity index is 1460. The average molecular weight is 598 g/mol. The lowest BCUT2D eigenvalue weighted by atomic mass is 9.98. The van der Waals surface area contributed by atoms with Gasteiger partial charge in [-0.2, -0.15) is 10.2 Å². The van der Waals surface area contributed by atoms with Crippen molar-refractivity contribution >= 4 is 30.1 Å². The van der Waals surface area contributed by atoms with E-state index >= 15 is 0 Å². The van der Waals surface area contributed by atoms with Gasteiger partial charge in [0.25, 0.3) is 0 Å². The Balaban J connectivity index is 1.63. The van der Waals surface area contributed by atoms with Crippen molar-refractivity contribution in [2.24, 2.45) is 15.9 Å². The minimum absolute atomic E-state index is 0.106. The van der Waals surface area contributed by atoms with Crippen LogP contribution >= 0.6 is 11.6 Å². The van der Waals surface area contributed by atoms with Crippen LogP contribution in [0.3, 0.4) is 0 Å². The monoisotopic (exact) mass is 597 g/mol. The number of carbonyl (C=O) groups excluding carboxylic acids is 1. The zero-order valence-corrected chi connectivity index (χ0v) is 25.1. The topological polar surface area (TPSA) is 122 Å². The van der Waals surface area contributed by atoms with Gasteiger partial charge >= 0.3 is 5.97 Å². The number of nitrogens with two attached hydrogens (primary N) is 1. The van der Waals surface area contributed by atoms with Gasteiger partial charge in [0.1, 0.15) is 24.7 Å². The Hall–Kier alpha value is -4.06. The minimum atomic E-state index is -1.19. The van der Waals surface area contributed by atoms with Crippen molar-refractivity contribution in [3.63, 3.8) is 0 Å². The molecule has 224 valence electrons. The number of nitrogens with zero attached hydrogens (tertiary/aromatic N) is 4. The van der Waals surface area contributed by atoms with Crippen molar-refractivity contribution in [3.05, 3.63) is 76.6 Å². The Morgan fingerprint density at radius 3 is 2.62 bits per heavy atom. The second kappa shape index (κ2) is 13.3. The molecule has 2 atom stereocenters. The third-order valence-corrected chi connectivity index (χ3v) is 7.15. The summed E-state index contributed by atoms with van der Waals surface area (Å²) in [7, 11) is 4.49. The van der Waals surface area contributed by atoms with Crippen LogP contribution in [0.1, 0.15) is 49.3 Å². The molecule has 0 bridgehead atoms. The average Bonchev–Trinajstić information content (AvgIpc) is 3.43. The molecule has 0 amide bonds. The zero-order chi connectivity index (χ0) is 30.4. The Labute approximate surface area is 250 Å². The minimum Gasteiger partial charge on any atom is -0.493 e. The number of rotatable bonds is 12. The summed E-state index contributed by atoms with van der Waals surface area (Å²) in [6.07, 6.45) is 1.52. The van der Waals surface area contributed by atoms with Crippen molar-refractivity contribution < 1.29 is 28.5 Å². The number of hydrogen-bond acceptors (Lipinski definition) is 9. The molecule has 0 saturated heterocycles. The van der Waals surface area contributed by atoms with E-state index in [0.29, 0.717) is 29.5 Å². The number of ether oxygens (including phenoxy) is 5. The standard InChI is InChI=1S/C30H36ClN5O6/c1-30(2,29(37)40-6)41-18-26(32)34-36(33-3)16-14-24-23-10-8-15-35(23)22-13-12-19(31)17-21(22)27(42-24)20-9-7-11-25(38-4)28(20)39-5/h7-13,15,17,24,27H,3,14,16,18H2,1-2,4-6H3,(H2,32,34)/t24-,27-/m1/s1. The molecule has 2 heterocycles. The van der Waals surface area contributed by atoms with Crippen LogP contribution in [0.2, 0.25) is 5.02 Å². The number of halogens is 1. The summed E-state index contributed by atoms with van der Waals surface area (Å²) >= 11 is 6.49. The van der Waals surface area contributed by atoms with E-state index in [-0.39, 0.29) is 12.4 Å². The van der Waals surface area contributed by atoms with Crippen LogP contribution in [-0.2, 0) is 19.0 Å². The molecule has 1 aliphatic rings. The first kappa shape index (κ1) is 30.9. The predicted molar refractivity (Wildman–Crippen MR) is 161 cm³/mol. The Morgan fingerprint density at radius 2 is 1.93 bits per heavy atom. The molecule has 11 nitrogen and oxygen atoms in total. The number of carbonyl (C=O) groups is 1. The van der Waals surface area contributed by atoms with Crippen LogP contribution < -0.4 is 15.2 Å². The van der Waals surface area contributed by atoms with Crippen LogP contribution in [0.15, 0.2) is 64.9 Å². The predicted octanol–water partition coefficient (Wildman–Crippen LogP) is 4.86. The van der Waals surface area contributed by atoms with Crippen LogP contribution in [0.5, 0.6) is 11.5 Å². The first-order valence-electron chi connectivity index (χ1n) is 13.3. The van der Waals surface area contributed by atoms with Gasteiger partial charge in [-0.05, 0) is 50.2 Å². The molecule has 3 aromatic rings. The van der Waals surface area contributed by atoms with E-state index in [1.165, 1.54) is 12.2 Å². The van der Waals surface area contributed by atoms with Crippen LogP contribution in [0.25, 0.3) is 5.69 Å². The largest absolute Gasteiger partial charge is 0.493 e. The first-order chi connectivity index (χ1) is 20.1. The molecule has 4 rings (SSSR count). The van der Waals surface area contributed by atoms with Gasteiger partial charge in [-0.25, -0.2) is 4.79 Å². The van der Waals surface area contributed by atoms with Gasteiger partial charge in [0, 0.05) is 35.5 Å². The second-order valence-electron chi connectivity index (χ2n) is 10.0. The number of fused-ring (bicyclic) bond motifs is 3. The van der Waals surface area contributed by atoms with Crippen molar-refractivity contribution in [2.45, 2.75) is 38.1 Å². The number of para-hydroxylation sites is 1. The fourth-order valence-corrected chi connectivity index (χ4v) is 5.01. The number of amidine groups is 1. The highest BCUT2D eigenvalue weighted by atomic mass is 35.5. The van der Waals surface area contributed by atoms with Gasteiger partial charge < -0.3 is 34.0 Å². The van der Waals surface area contributed by atoms with E-state index in [4.69, 9.17) is 41.0 Å². The quantitative estimate of drug-likeness (QED) is 0.136. The molecule has 2 aromatic carbocycles. The third-order valence-electron chi connectivity index (χ3n) is 6.91. The fourth-order valence-electron chi connectivity index (χ4n) is 4.83. The number of methoxy groups -OCH3 is 3. The third kappa shape index (κ3) is 6.53. The molecular weight excluding hydrogens is 562 g/mol. The van der Waals surface area contributed by atoms with Gasteiger partial charge in [-0.3, -0.25) is 0 Å². The summed E-state index contributed by atoms with van der Waals surface area (Å²) in [5.74, 6) is 0.757. The Morgan fingerprint density at radius 1 is 1.14 bits per heavy atom. The number of hydrazone groups is 2. The lowest BCUT2D eigenvalue weighted by molar-refractivity contribution is -0.163. The molecule has 0 aliphatic carbocycles. The van der Waals surface area contributed by atoms with Crippen molar-refractivity contribution in [2.75, 3.05) is 34.5 Å². The zero-order valence-electron chi connectivity index (χ0n) is 24.4. The molecule has 0 radical (unpaired) electrons. The molecule has 1 aliphatic heterocycles. The molecule has 0 saturated carbocycles. The van der Waals surface area contributed by atoms with E-state index in [0.717, 1.165) is 22.5 Å². The van der Waals surface area contributed by atoms with Crippen molar-refractivity contribution in [3.8, 4) is 17.2 Å². The van der Waals surface area contributed by atoms with E-state index < -0.39 is 23.8 Å². The molecule has 2 N–H and O–H groups in total. The molecule has 42 heavy (non-hydrogen) atoms. The first-order valence-corrected chi connectivity index (χ1v) is 13.6. The summed E-state index contributed by atoms with van der Waals surface area (Å²) in [6.45, 7) is 7.03. The SMILES string of the molecule is C=NN(CC[C@H]1O[C@H](c2cccc(OC)c2OC)c2cc(Cl)ccc2-n2cccc21)/N=C(\N)COC(C)(C)C(=O)OC. The maximum Gasteiger partial charge on any atom is 0.337 e. The Kier molecular flexibility index (Phi) is 9.77. The number of aromatic nitrogens is 1. The summed E-state index contributed by atoms with van der Waals surface area (Å²) in [5.41, 5.74) is 8.45. The van der Waals surface area contributed by atoms with Gasteiger partial charge in [-0.15, -0.1) is 5.10 Å². The lowest BCUT2D eigenvalue weighted by Crippen LogP contribution is -2.39. The molecule has 1 aromatic heterocycles. The number of hydrogen-bond donors (Lipinski definition) is 1. The summed E-state index contributed by atoms with van der Waals surface area (Å²) < 4.78 is 30.7. The van der Waals surface area contributed by atoms with Crippen molar-refractivity contribution in [1.29, 1.82) is 0 Å². The molecule has 12 heteroatoms. The van der Waals surface area contributed by atoms with E-state index in [9.17, 15) is 4.79 Å². The van der Waals surface area contributed by atoms with Gasteiger partial charge in [0.05, 0.1) is 39.3 Å². The van der Waals surface area contributed by atoms with Crippen LogP contribution in [0.4, 0.5) is 0 Å². The van der Waals surface area contributed by atoms with E-state index in [2.05, 4.69) is 21.5 Å². The maximum absolute atomic E-state index is 11.9. The highest BCUT2D eigenvalue weighted by molar-refractivity contribution is 6.30. The highest BCUT2D eigenvalue weighted by Crippen LogP contribution is 2.46. The lowest BCUT2D eigenvalue weighted by Gasteiger charge is -2.26. The second-order valence-corrected chi connectivity index (χ2v) is 10.4. The molecule has 0 fully saturated rings. The molecular formula is C30H36ClN5O6. The molecule has 0 unspecified atom stereocenters. The summed E-state index contributed by atoms with van der Waals surface area (Å²) in [4.78, 5) is 11.9. The van der Waals surface area contributed by atoms with E-state index in [1.54, 1.807) is 28.1 Å². The normalized spacial score (nSPS) is 16.6. The van der Waals surface area contributed by atoms with Crippen LogP contribution in [-0.4, -0.2) is 68.3 Å². The maximum atomic E-state index is 11.9. The fraction of sp³-hybridized carbons (Fsp3) is 0.367. The van der Waals surface area contributed by atoms with Crippen LogP contribution in [0, 0.1) is 0 Å². The number of benzene rings is 2. The van der Waals surface area contributed by atoms with Gasteiger partial charge in [0.15, 0.2) is 17.1 Å². The smallest absolute Gasteiger partial charge is 0.337 e. The summed E-state index contributed by atoms with van der Waals surface area (Å²) in [6, 6.07) is 15.4. The van der Waals surface area contributed by atoms with Gasteiger partial charge in [0.2, 0.25) is 0 Å². The molecule has 0 spiro atoms. The van der Waals surface area contributed by atoms with Gasteiger partial charge in [-0.1, -0.05) is 23.7 Å². The number of esters is 1.